The van der Waals surface area contributed by atoms with Gasteiger partial charge >= 0.3 is 12.1 Å². The number of benzene rings is 2. The largest absolute Gasteiger partial charge is 0.491 e. The number of carbonyl (C=O) groups is 2. The van der Waals surface area contributed by atoms with Crippen molar-refractivity contribution in [1.82, 2.24) is 4.90 Å². The van der Waals surface area contributed by atoms with Gasteiger partial charge in [0.15, 0.2) is 8.32 Å². The number of carboxylic acid groups (broad SMARTS) is 1. The van der Waals surface area contributed by atoms with Crippen molar-refractivity contribution in [3.8, 4) is 5.75 Å². The predicted molar refractivity (Wildman–Crippen MR) is 158 cm³/mol. The quantitative estimate of drug-likeness (QED) is 0.274. The Kier molecular flexibility index (Phi) is 11.2. The highest BCUT2D eigenvalue weighted by Gasteiger charge is 2.41. The van der Waals surface area contributed by atoms with E-state index in [-0.39, 0.29) is 22.7 Å². The highest BCUT2D eigenvalue weighted by atomic mass is 28.4. The molecule has 8 heteroatoms. The lowest BCUT2D eigenvalue weighted by Gasteiger charge is -2.41. The molecule has 0 radical (unpaired) electrons. The zero-order valence-corrected chi connectivity index (χ0v) is 26.1. The van der Waals surface area contributed by atoms with Crippen LogP contribution in [0.3, 0.4) is 0 Å². The third kappa shape index (κ3) is 10.3. The fraction of sp³-hybridized carbons (Fsp3) is 0.548. The van der Waals surface area contributed by atoms with Crippen molar-refractivity contribution in [3.63, 3.8) is 0 Å². The molecular formula is C31H47NO6Si. The van der Waals surface area contributed by atoms with Crippen LogP contribution < -0.4 is 4.74 Å². The number of rotatable bonds is 12. The number of ether oxygens (including phenoxy) is 2. The number of amides is 1. The van der Waals surface area contributed by atoms with Crippen molar-refractivity contribution in [2.24, 2.45) is 0 Å². The van der Waals surface area contributed by atoms with Gasteiger partial charge in [0.25, 0.3) is 0 Å². The summed E-state index contributed by atoms with van der Waals surface area (Å²) >= 11 is 0. The van der Waals surface area contributed by atoms with Crippen LogP contribution in [0.4, 0.5) is 4.79 Å². The molecule has 0 aliphatic rings. The SMILES string of the molecule is CC[C@@H](Cc1ccc(C(=O)O)cc1)N(C[C@@H](COc1ccccc1)O[Si](C)(C)C(C)(C)C)C(=O)OC(C)(C)C. The van der Waals surface area contributed by atoms with E-state index in [1.807, 2.05) is 70.2 Å². The van der Waals surface area contributed by atoms with E-state index in [0.29, 0.717) is 26.0 Å². The highest BCUT2D eigenvalue weighted by Crippen LogP contribution is 2.37. The summed E-state index contributed by atoms with van der Waals surface area (Å²) in [7, 11) is -2.21. The van der Waals surface area contributed by atoms with Crippen molar-refractivity contribution in [2.75, 3.05) is 13.2 Å². The van der Waals surface area contributed by atoms with Crippen molar-refractivity contribution in [1.29, 1.82) is 0 Å². The molecule has 1 amide bonds. The molecule has 0 aliphatic carbocycles. The lowest BCUT2D eigenvalue weighted by Crippen LogP contribution is -2.53. The minimum atomic E-state index is -2.21. The second kappa shape index (κ2) is 13.5. The molecule has 0 unspecified atom stereocenters. The lowest BCUT2D eigenvalue weighted by molar-refractivity contribution is -0.000315. The molecule has 2 rings (SSSR count). The third-order valence-corrected chi connectivity index (χ3v) is 11.6. The minimum absolute atomic E-state index is 0.0230. The number of hydrogen-bond donors (Lipinski definition) is 1. The number of carboxylic acids is 1. The van der Waals surface area contributed by atoms with Gasteiger partial charge in [-0.2, -0.15) is 0 Å². The zero-order chi connectivity index (χ0) is 29.4. The normalized spacial score (nSPS) is 13.9. The molecule has 7 nitrogen and oxygen atoms in total. The van der Waals surface area contributed by atoms with Gasteiger partial charge < -0.3 is 23.9 Å². The first-order valence-corrected chi connectivity index (χ1v) is 16.6. The molecule has 0 bridgehead atoms. The average molecular weight is 558 g/mol. The van der Waals surface area contributed by atoms with Crippen LogP contribution in [0.25, 0.3) is 0 Å². The number of carbonyl (C=O) groups excluding carboxylic acids is 1. The third-order valence-electron chi connectivity index (χ3n) is 7.06. The topological polar surface area (TPSA) is 85.3 Å². The highest BCUT2D eigenvalue weighted by molar-refractivity contribution is 6.74. The summed E-state index contributed by atoms with van der Waals surface area (Å²) in [5.41, 5.74) is 0.520. The Balaban J connectivity index is 2.39. The Labute approximate surface area is 235 Å². The van der Waals surface area contributed by atoms with E-state index < -0.39 is 26.0 Å². The predicted octanol–water partition coefficient (Wildman–Crippen LogP) is 7.41. The fourth-order valence-electron chi connectivity index (χ4n) is 3.87. The van der Waals surface area contributed by atoms with Crippen molar-refractivity contribution in [2.45, 2.75) is 97.2 Å². The van der Waals surface area contributed by atoms with E-state index in [4.69, 9.17) is 13.9 Å². The summed E-state index contributed by atoms with van der Waals surface area (Å²) in [6.07, 6.45) is 0.468. The summed E-state index contributed by atoms with van der Waals surface area (Å²) in [6, 6.07) is 16.2. The molecular weight excluding hydrogens is 510 g/mol. The molecule has 0 saturated heterocycles. The number of nitrogens with zero attached hydrogens (tertiary/aromatic N) is 1. The average Bonchev–Trinajstić information content (AvgIpc) is 2.83. The molecule has 0 heterocycles. The summed E-state index contributed by atoms with van der Waals surface area (Å²) in [6.45, 7) is 19.2. The molecule has 0 spiro atoms. The first kappa shape index (κ1) is 32.4. The first-order chi connectivity index (χ1) is 18.0. The van der Waals surface area contributed by atoms with Crippen molar-refractivity contribution < 1.29 is 28.6 Å². The number of hydrogen-bond acceptors (Lipinski definition) is 5. The van der Waals surface area contributed by atoms with Gasteiger partial charge in [-0.05, 0) is 81.6 Å². The number of para-hydroxylation sites is 1. The van der Waals surface area contributed by atoms with Gasteiger partial charge in [0.1, 0.15) is 18.0 Å². The van der Waals surface area contributed by atoms with E-state index in [2.05, 4.69) is 33.9 Å². The number of aromatic carboxylic acids is 1. The molecule has 0 aliphatic heterocycles. The van der Waals surface area contributed by atoms with E-state index >= 15 is 0 Å². The summed E-state index contributed by atoms with van der Waals surface area (Å²) < 4.78 is 18.8. The fourth-order valence-corrected chi connectivity index (χ4v) is 5.20. The minimum Gasteiger partial charge on any atom is -0.491 e. The monoisotopic (exact) mass is 557 g/mol. The zero-order valence-electron chi connectivity index (χ0n) is 25.1. The molecule has 0 fully saturated rings. The second-order valence-corrected chi connectivity index (χ2v) is 17.3. The Morgan fingerprint density at radius 1 is 0.949 bits per heavy atom. The molecule has 216 valence electrons. The standard InChI is InChI=1S/C31H47NO6Si/c1-10-25(20-23-16-18-24(19-17-23)28(33)34)32(29(35)37-30(2,3)4)21-27(38-39(8,9)31(5,6)7)22-36-26-14-12-11-13-15-26/h11-19,25,27H,10,20-22H2,1-9H3,(H,33,34)/t25-,27-/m0/s1. The molecule has 39 heavy (non-hydrogen) atoms. The van der Waals surface area contributed by atoms with E-state index in [1.54, 1.807) is 17.0 Å². The first-order valence-electron chi connectivity index (χ1n) is 13.7. The summed E-state index contributed by atoms with van der Waals surface area (Å²) in [5, 5.41) is 9.24. The molecule has 0 saturated carbocycles. The van der Waals surface area contributed by atoms with Gasteiger partial charge in [-0.1, -0.05) is 58.0 Å². The van der Waals surface area contributed by atoms with Crippen LogP contribution in [-0.2, 0) is 15.6 Å². The van der Waals surface area contributed by atoms with Crippen molar-refractivity contribution >= 4 is 20.4 Å². The van der Waals surface area contributed by atoms with Crippen LogP contribution in [0, 0.1) is 0 Å². The molecule has 2 aromatic carbocycles. The molecule has 2 aromatic rings. The van der Waals surface area contributed by atoms with E-state index in [1.165, 1.54) is 0 Å². The van der Waals surface area contributed by atoms with Gasteiger partial charge in [-0.3, -0.25) is 0 Å². The molecule has 1 N–H and O–H groups in total. The summed E-state index contributed by atoms with van der Waals surface area (Å²) in [5.74, 6) is -0.219. The van der Waals surface area contributed by atoms with Gasteiger partial charge in [0.2, 0.25) is 0 Å². The maximum absolute atomic E-state index is 13.6. The van der Waals surface area contributed by atoms with Gasteiger partial charge in [-0.15, -0.1) is 0 Å². The Morgan fingerprint density at radius 3 is 2.03 bits per heavy atom. The van der Waals surface area contributed by atoms with Gasteiger partial charge in [0.05, 0.1) is 18.2 Å². The Morgan fingerprint density at radius 2 is 1.54 bits per heavy atom. The maximum atomic E-state index is 13.6. The second-order valence-electron chi connectivity index (χ2n) is 12.5. The Hall–Kier alpha value is -2.84. The van der Waals surface area contributed by atoms with Crippen LogP contribution >= 0.6 is 0 Å². The smallest absolute Gasteiger partial charge is 0.410 e. The van der Waals surface area contributed by atoms with Crippen LogP contribution in [-0.4, -0.2) is 61.3 Å². The van der Waals surface area contributed by atoms with Gasteiger partial charge in [0, 0.05) is 6.04 Å². The lowest BCUT2D eigenvalue weighted by atomic mass is 10.0. The van der Waals surface area contributed by atoms with Gasteiger partial charge in [-0.25, -0.2) is 9.59 Å². The Bertz CT molecular complexity index is 1060. The van der Waals surface area contributed by atoms with Crippen LogP contribution in [0.5, 0.6) is 5.75 Å². The summed E-state index contributed by atoms with van der Waals surface area (Å²) in [4.78, 5) is 26.7. The van der Waals surface area contributed by atoms with Crippen LogP contribution in [0.15, 0.2) is 54.6 Å². The molecule has 0 aromatic heterocycles. The van der Waals surface area contributed by atoms with E-state index in [9.17, 15) is 14.7 Å². The van der Waals surface area contributed by atoms with Crippen LogP contribution in [0.2, 0.25) is 18.1 Å². The van der Waals surface area contributed by atoms with E-state index in [0.717, 1.165) is 11.3 Å². The van der Waals surface area contributed by atoms with Crippen LogP contribution in [0.1, 0.15) is 70.8 Å². The molecule has 2 atom stereocenters. The maximum Gasteiger partial charge on any atom is 0.410 e. The van der Waals surface area contributed by atoms with Crippen molar-refractivity contribution in [3.05, 3.63) is 65.7 Å².